The molecule has 0 amide bonds. The fourth-order valence-electron chi connectivity index (χ4n) is 6.75. The Morgan fingerprint density at radius 2 is 1.67 bits per heavy atom. The molecule has 0 heterocycles. The molecule has 4 aliphatic carbocycles. The minimum atomic E-state index is 0.663. The highest BCUT2D eigenvalue weighted by Crippen LogP contribution is 2.69. The zero-order chi connectivity index (χ0) is 14.1. The fourth-order valence-corrected chi connectivity index (χ4v) is 6.75. The standard InChI is InChI=1S/C21H26/c1-12(2)16-5-3-4-6-17(16)18-10-15-11-19(18)21-14-8-7-13(9-14)20(15)21/h3-8,12-15,18-21H,9-11H2,1-2H3. The average Bonchev–Trinajstić information content (AvgIpc) is 3.25. The molecule has 0 aliphatic heterocycles. The van der Waals surface area contributed by atoms with Crippen molar-refractivity contribution >= 4 is 0 Å². The third-order valence-electron chi connectivity index (χ3n) is 7.29. The fraction of sp³-hybridized carbons (Fsp3) is 0.619. The van der Waals surface area contributed by atoms with E-state index in [9.17, 15) is 0 Å². The molecule has 110 valence electrons. The first-order valence-corrected chi connectivity index (χ1v) is 9.01. The molecule has 4 bridgehead atoms. The molecule has 7 atom stereocenters. The van der Waals surface area contributed by atoms with E-state index in [1.54, 1.807) is 11.1 Å². The molecule has 0 nitrogen and oxygen atoms in total. The van der Waals surface area contributed by atoms with E-state index < -0.39 is 0 Å². The normalized spacial score (nSPS) is 45.8. The second-order valence-electron chi connectivity index (χ2n) is 8.39. The van der Waals surface area contributed by atoms with Gasteiger partial charge in [-0.25, -0.2) is 0 Å². The van der Waals surface area contributed by atoms with Crippen molar-refractivity contribution in [1.82, 2.24) is 0 Å². The Labute approximate surface area is 128 Å². The van der Waals surface area contributed by atoms with Crippen LogP contribution < -0.4 is 0 Å². The highest BCUT2D eigenvalue weighted by Gasteiger charge is 2.61. The summed E-state index contributed by atoms with van der Waals surface area (Å²) < 4.78 is 0. The van der Waals surface area contributed by atoms with Crippen molar-refractivity contribution in [1.29, 1.82) is 0 Å². The van der Waals surface area contributed by atoms with Gasteiger partial charge in [0.2, 0.25) is 0 Å². The summed E-state index contributed by atoms with van der Waals surface area (Å²) >= 11 is 0. The predicted molar refractivity (Wildman–Crippen MR) is 87.2 cm³/mol. The van der Waals surface area contributed by atoms with Gasteiger partial charge in [-0.2, -0.15) is 0 Å². The van der Waals surface area contributed by atoms with E-state index in [0.717, 1.165) is 41.4 Å². The van der Waals surface area contributed by atoms with Crippen molar-refractivity contribution in [3.63, 3.8) is 0 Å². The van der Waals surface area contributed by atoms with Crippen molar-refractivity contribution in [3.05, 3.63) is 47.5 Å². The van der Waals surface area contributed by atoms with E-state index in [1.807, 2.05) is 0 Å². The smallest absolute Gasteiger partial charge is 0.0125 e. The van der Waals surface area contributed by atoms with Gasteiger partial charge >= 0.3 is 0 Å². The van der Waals surface area contributed by atoms with Gasteiger partial charge in [0.05, 0.1) is 0 Å². The van der Waals surface area contributed by atoms with Gasteiger partial charge in [0.1, 0.15) is 0 Å². The summed E-state index contributed by atoms with van der Waals surface area (Å²) in [6.07, 6.45) is 9.62. The highest BCUT2D eigenvalue weighted by atomic mass is 14.6. The lowest BCUT2D eigenvalue weighted by molar-refractivity contribution is 0.184. The molecule has 3 fully saturated rings. The molecular weight excluding hydrogens is 252 g/mol. The molecule has 0 saturated heterocycles. The summed E-state index contributed by atoms with van der Waals surface area (Å²) in [6.45, 7) is 4.71. The SMILES string of the molecule is CC(C)c1ccccc1C1CC2CC1C1C3C=CC(C3)C21. The van der Waals surface area contributed by atoms with Crippen molar-refractivity contribution in [3.8, 4) is 0 Å². The van der Waals surface area contributed by atoms with E-state index in [-0.39, 0.29) is 0 Å². The van der Waals surface area contributed by atoms with Gasteiger partial charge < -0.3 is 0 Å². The summed E-state index contributed by atoms with van der Waals surface area (Å²) in [4.78, 5) is 0. The lowest BCUT2D eigenvalue weighted by Crippen LogP contribution is -2.30. The zero-order valence-corrected chi connectivity index (χ0v) is 13.2. The summed E-state index contributed by atoms with van der Waals surface area (Å²) in [7, 11) is 0. The van der Waals surface area contributed by atoms with Gasteiger partial charge in [-0.15, -0.1) is 0 Å². The van der Waals surface area contributed by atoms with Gasteiger partial charge in [0, 0.05) is 0 Å². The van der Waals surface area contributed by atoms with Crippen molar-refractivity contribution < 1.29 is 0 Å². The number of hydrogen-bond acceptors (Lipinski definition) is 0. The van der Waals surface area contributed by atoms with Crippen LogP contribution in [0.3, 0.4) is 0 Å². The lowest BCUT2D eigenvalue weighted by Gasteiger charge is -2.38. The van der Waals surface area contributed by atoms with Crippen molar-refractivity contribution in [2.24, 2.45) is 35.5 Å². The number of allylic oxidation sites excluding steroid dienone is 2. The van der Waals surface area contributed by atoms with Crippen LogP contribution >= 0.6 is 0 Å². The molecule has 0 N–H and O–H groups in total. The second kappa shape index (κ2) is 4.24. The highest BCUT2D eigenvalue weighted by molar-refractivity contribution is 5.36. The van der Waals surface area contributed by atoms with E-state index in [4.69, 9.17) is 0 Å². The Morgan fingerprint density at radius 1 is 0.905 bits per heavy atom. The van der Waals surface area contributed by atoms with Crippen molar-refractivity contribution in [2.75, 3.05) is 0 Å². The van der Waals surface area contributed by atoms with Crippen LogP contribution in [-0.2, 0) is 0 Å². The first-order valence-electron chi connectivity index (χ1n) is 9.01. The third kappa shape index (κ3) is 1.57. The van der Waals surface area contributed by atoms with E-state index in [1.165, 1.54) is 19.3 Å². The Balaban J connectivity index is 1.52. The first-order chi connectivity index (χ1) is 10.2. The Hall–Kier alpha value is -1.04. The third-order valence-corrected chi connectivity index (χ3v) is 7.29. The largest absolute Gasteiger partial charge is 0.0848 e. The molecule has 21 heavy (non-hydrogen) atoms. The van der Waals surface area contributed by atoms with Crippen LogP contribution in [0, 0.1) is 35.5 Å². The topological polar surface area (TPSA) is 0 Å². The molecule has 5 rings (SSSR count). The quantitative estimate of drug-likeness (QED) is 0.504. The predicted octanol–water partition coefficient (Wildman–Crippen LogP) is 5.37. The molecule has 0 aromatic heterocycles. The van der Waals surface area contributed by atoms with Crippen LogP contribution in [0.1, 0.15) is 56.1 Å². The summed E-state index contributed by atoms with van der Waals surface area (Å²) in [6, 6.07) is 9.32. The van der Waals surface area contributed by atoms with Gasteiger partial charge in [0.15, 0.2) is 0 Å². The van der Waals surface area contributed by atoms with Gasteiger partial charge in [0.25, 0.3) is 0 Å². The van der Waals surface area contributed by atoms with Crippen LogP contribution in [0.2, 0.25) is 0 Å². The second-order valence-corrected chi connectivity index (χ2v) is 8.39. The molecular formula is C21H26. The maximum absolute atomic E-state index is 2.57. The zero-order valence-electron chi connectivity index (χ0n) is 13.2. The molecule has 3 saturated carbocycles. The van der Waals surface area contributed by atoms with Gasteiger partial charge in [-0.3, -0.25) is 0 Å². The molecule has 7 unspecified atom stereocenters. The minimum absolute atomic E-state index is 0.663. The molecule has 4 aliphatic rings. The lowest BCUT2D eigenvalue weighted by atomic mass is 9.67. The van der Waals surface area contributed by atoms with Crippen molar-refractivity contribution in [2.45, 2.75) is 44.9 Å². The van der Waals surface area contributed by atoms with Gasteiger partial charge in [-0.1, -0.05) is 50.3 Å². The molecule has 1 aromatic rings. The van der Waals surface area contributed by atoms with Crippen LogP contribution in [-0.4, -0.2) is 0 Å². The molecule has 0 heteroatoms. The van der Waals surface area contributed by atoms with Gasteiger partial charge in [-0.05, 0) is 77.7 Å². The van der Waals surface area contributed by atoms with E-state index >= 15 is 0 Å². The monoisotopic (exact) mass is 278 g/mol. The Bertz CT molecular complexity index is 596. The average molecular weight is 278 g/mol. The molecule has 0 spiro atoms. The van der Waals surface area contributed by atoms with E-state index in [2.05, 4.69) is 50.3 Å². The summed E-state index contributed by atoms with van der Waals surface area (Å²) in [5.41, 5.74) is 3.32. The number of benzene rings is 1. The maximum atomic E-state index is 2.57. The number of rotatable bonds is 2. The minimum Gasteiger partial charge on any atom is -0.0848 e. The van der Waals surface area contributed by atoms with Crippen LogP contribution in [0.4, 0.5) is 0 Å². The van der Waals surface area contributed by atoms with E-state index in [0.29, 0.717) is 5.92 Å². The number of fused-ring (bicyclic) bond motifs is 9. The first kappa shape index (κ1) is 12.5. The Morgan fingerprint density at radius 3 is 2.48 bits per heavy atom. The molecule has 0 radical (unpaired) electrons. The maximum Gasteiger partial charge on any atom is -0.0125 e. The van der Waals surface area contributed by atoms with Crippen LogP contribution in [0.5, 0.6) is 0 Å². The summed E-state index contributed by atoms with van der Waals surface area (Å²) in [5, 5.41) is 0. The van der Waals surface area contributed by atoms with Crippen LogP contribution in [0.15, 0.2) is 36.4 Å². The molecule has 1 aromatic carbocycles. The van der Waals surface area contributed by atoms with Crippen LogP contribution in [0.25, 0.3) is 0 Å². The summed E-state index contributed by atoms with van der Waals surface area (Å²) in [5.74, 6) is 7.53. The Kier molecular flexibility index (Phi) is 2.53. The number of hydrogen-bond donors (Lipinski definition) is 0.